The molecule has 0 saturated heterocycles. The van der Waals surface area contributed by atoms with Crippen molar-refractivity contribution in [2.45, 2.75) is 32.9 Å². The Morgan fingerprint density at radius 1 is 1.25 bits per heavy atom. The Labute approximate surface area is 94.9 Å². The minimum Gasteiger partial charge on any atom is -0.345 e. The van der Waals surface area contributed by atoms with Gasteiger partial charge in [-0.25, -0.2) is 0 Å². The molecule has 0 aliphatic rings. The van der Waals surface area contributed by atoms with Crippen molar-refractivity contribution >= 4 is 18.1 Å². The second-order valence-corrected chi connectivity index (χ2v) is 3.91. The molecule has 0 rings (SSSR count). The van der Waals surface area contributed by atoms with E-state index in [1.54, 1.807) is 0 Å². The number of amides is 2. The predicted octanol–water partition coefficient (Wildman–Crippen LogP) is -1.21. The van der Waals surface area contributed by atoms with Crippen LogP contribution in [-0.2, 0) is 14.4 Å². The molecule has 0 spiro atoms. The third-order valence-electron chi connectivity index (χ3n) is 2.13. The van der Waals surface area contributed by atoms with E-state index >= 15 is 0 Å². The van der Waals surface area contributed by atoms with E-state index in [1.807, 2.05) is 13.8 Å². The molecule has 0 fully saturated rings. The van der Waals surface area contributed by atoms with Crippen molar-refractivity contribution < 1.29 is 14.4 Å². The van der Waals surface area contributed by atoms with E-state index in [0.717, 1.165) is 0 Å². The first kappa shape index (κ1) is 14.6. The molecule has 0 heterocycles. The van der Waals surface area contributed by atoms with Crippen LogP contribution in [0.4, 0.5) is 0 Å². The predicted molar refractivity (Wildman–Crippen MR) is 59.5 cm³/mol. The highest BCUT2D eigenvalue weighted by Gasteiger charge is 2.20. The fourth-order valence-electron chi connectivity index (χ4n) is 1.01. The fraction of sp³-hybridized carbons (Fsp3) is 0.700. The highest BCUT2D eigenvalue weighted by molar-refractivity contribution is 5.89. The second kappa shape index (κ2) is 6.95. The number of hydrogen-bond donors (Lipinski definition) is 3. The molecule has 0 aliphatic heterocycles. The maximum absolute atomic E-state index is 11.5. The number of rotatable bonds is 6. The minimum atomic E-state index is -0.697. The van der Waals surface area contributed by atoms with Gasteiger partial charge in [0.25, 0.3) is 0 Å². The molecule has 0 bridgehead atoms. The Bertz CT molecular complexity index is 266. The summed E-state index contributed by atoms with van der Waals surface area (Å²) < 4.78 is 0. The van der Waals surface area contributed by atoms with E-state index in [2.05, 4.69) is 10.6 Å². The first-order chi connectivity index (χ1) is 7.42. The summed E-state index contributed by atoms with van der Waals surface area (Å²) in [6.45, 7) is 5.01. The molecule has 0 aliphatic carbocycles. The molecule has 6 nitrogen and oxygen atoms in total. The number of nitrogens with two attached hydrogens (primary N) is 1. The fourth-order valence-corrected chi connectivity index (χ4v) is 1.01. The number of nitrogens with one attached hydrogen (secondary N) is 2. The highest BCUT2D eigenvalue weighted by atomic mass is 16.2. The van der Waals surface area contributed by atoms with Crippen LogP contribution in [0.5, 0.6) is 0 Å². The molecule has 4 N–H and O–H groups in total. The van der Waals surface area contributed by atoms with Crippen molar-refractivity contribution in [1.82, 2.24) is 10.6 Å². The van der Waals surface area contributed by atoms with E-state index in [-0.39, 0.29) is 12.5 Å². The van der Waals surface area contributed by atoms with Gasteiger partial charge in [0.05, 0.1) is 12.6 Å². The van der Waals surface area contributed by atoms with Crippen molar-refractivity contribution in [2.24, 2.45) is 11.7 Å². The SMILES string of the molecule is CC(C)[C@@H](C=O)NC(=O)[C@H](C)NC(=O)CN. The van der Waals surface area contributed by atoms with Crippen LogP contribution in [-0.4, -0.2) is 36.7 Å². The molecular formula is C10H19N3O3. The summed E-state index contributed by atoms with van der Waals surface area (Å²) in [5.41, 5.74) is 5.10. The first-order valence-corrected chi connectivity index (χ1v) is 5.17. The number of carbonyl (C=O) groups excluding carboxylic acids is 3. The maximum Gasteiger partial charge on any atom is 0.242 e. The van der Waals surface area contributed by atoms with Crippen LogP contribution in [0.2, 0.25) is 0 Å². The summed E-state index contributed by atoms with van der Waals surface area (Å²) in [5, 5.41) is 4.94. The van der Waals surface area contributed by atoms with Gasteiger partial charge >= 0.3 is 0 Å². The normalized spacial score (nSPS) is 14.1. The molecule has 92 valence electrons. The molecule has 0 aromatic heterocycles. The zero-order chi connectivity index (χ0) is 12.7. The molecule has 0 aromatic rings. The molecule has 6 heteroatoms. The number of aldehydes is 1. The van der Waals surface area contributed by atoms with Gasteiger partial charge in [0.2, 0.25) is 11.8 Å². The number of carbonyl (C=O) groups is 3. The Kier molecular flexibility index (Phi) is 6.32. The standard InChI is InChI=1S/C10H19N3O3/c1-6(2)8(5-14)13-10(16)7(3)12-9(15)4-11/h5-8H,4,11H2,1-3H3,(H,12,15)(H,13,16)/t7-,8+/m0/s1. The summed E-state index contributed by atoms with van der Waals surface area (Å²) in [5.74, 6) is -0.790. The Morgan fingerprint density at radius 2 is 1.81 bits per heavy atom. The van der Waals surface area contributed by atoms with Gasteiger partial charge in [0.15, 0.2) is 0 Å². The Hall–Kier alpha value is -1.43. The van der Waals surface area contributed by atoms with Crippen molar-refractivity contribution in [3.63, 3.8) is 0 Å². The Morgan fingerprint density at radius 3 is 2.19 bits per heavy atom. The third-order valence-corrected chi connectivity index (χ3v) is 2.13. The van der Waals surface area contributed by atoms with E-state index < -0.39 is 23.9 Å². The summed E-state index contributed by atoms with van der Waals surface area (Å²) in [4.78, 5) is 33.1. The van der Waals surface area contributed by atoms with Crippen LogP contribution in [0.1, 0.15) is 20.8 Å². The number of hydrogen-bond acceptors (Lipinski definition) is 4. The van der Waals surface area contributed by atoms with Crippen molar-refractivity contribution in [3.8, 4) is 0 Å². The average Bonchev–Trinajstić information content (AvgIpc) is 2.24. The van der Waals surface area contributed by atoms with Crippen LogP contribution in [0.25, 0.3) is 0 Å². The summed E-state index contributed by atoms with van der Waals surface area (Å²) >= 11 is 0. The van der Waals surface area contributed by atoms with Crippen LogP contribution in [0, 0.1) is 5.92 Å². The zero-order valence-corrected chi connectivity index (χ0v) is 9.82. The van der Waals surface area contributed by atoms with Crippen molar-refractivity contribution in [2.75, 3.05) is 6.54 Å². The Balaban J connectivity index is 4.23. The summed E-state index contributed by atoms with van der Waals surface area (Å²) in [7, 11) is 0. The molecule has 0 unspecified atom stereocenters. The van der Waals surface area contributed by atoms with Crippen LogP contribution < -0.4 is 16.4 Å². The average molecular weight is 229 g/mol. The second-order valence-electron chi connectivity index (χ2n) is 3.91. The van der Waals surface area contributed by atoms with Gasteiger partial charge in [-0.2, -0.15) is 0 Å². The third kappa shape index (κ3) is 4.88. The molecule has 0 saturated carbocycles. The first-order valence-electron chi connectivity index (χ1n) is 5.17. The quantitative estimate of drug-likeness (QED) is 0.497. The molecular weight excluding hydrogens is 210 g/mol. The maximum atomic E-state index is 11.5. The van der Waals surface area contributed by atoms with Crippen molar-refractivity contribution in [3.05, 3.63) is 0 Å². The summed E-state index contributed by atoms with van der Waals surface area (Å²) in [6.07, 6.45) is 0.681. The topological polar surface area (TPSA) is 101 Å². The van der Waals surface area contributed by atoms with Gasteiger partial charge in [-0.3, -0.25) is 9.59 Å². The summed E-state index contributed by atoms with van der Waals surface area (Å²) in [6, 6.07) is -1.23. The molecule has 2 amide bonds. The van der Waals surface area contributed by atoms with Gasteiger partial charge in [-0.15, -0.1) is 0 Å². The van der Waals surface area contributed by atoms with Gasteiger partial charge in [0.1, 0.15) is 12.3 Å². The lowest BCUT2D eigenvalue weighted by molar-refractivity contribution is -0.129. The highest BCUT2D eigenvalue weighted by Crippen LogP contribution is 1.98. The lowest BCUT2D eigenvalue weighted by Crippen LogP contribution is -2.50. The van der Waals surface area contributed by atoms with Gasteiger partial charge < -0.3 is 21.2 Å². The molecule has 0 aromatic carbocycles. The van der Waals surface area contributed by atoms with E-state index in [0.29, 0.717) is 6.29 Å². The van der Waals surface area contributed by atoms with E-state index in [9.17, 15) is 14.4 Å². The van der Waals surface area contributed by atoms with E-state index in [1.165, 1.54) is 6.92 Å². The zero-order valence-electron chi connectivity index (χ0n) is 9.82. The lowest BCUT2D eigenvalue weighted by atomic mass is 10.1. The smallest absolute Gasteiger partial charge is 0.242 e. The van der Waals surface area contributed by atoms with Crippen LogP contribution in [0.15, 0.2) is 0 Å². The van der Waals surface area contributed by atoms with E-state index in [4.69, 9.17) is 5.73 Å². The minimum absolute atomic E-state index is 0.0128. The molecule has 16 heavy (non-hydrogen) atoms. The lowest BCUT2D eigenvalue weighted by Gasteiger charge is -2.19. The van der Waals surface area contributed by atoms with Crippen LogP contribution in [0.3, 0.4) is 0 Å². The molecule has 2 atom stereocenters. The van der Waals surface area contributed by atoms with Gasteiger partial charge in [-0.1, -0.05) is 13.8 Å². The monoisotopic (exact) mass is 229 g/mol. The largest absolute Gasteiger partial charge is 0.345 e. The van der Waals surface area contributed by atoms with Gasteiger partial charge in [0, 0.05) is 0 Å². The molecule has 0 radical (unpaired) electrons. The van der Waals surface area contributed by atoms with Crippen LogP contribution >= 0.6 is 0 Å². The van der Waals surface area contributed by atoms with Gasteiger partial charge in [-0.05, 0) is 12.8 Å². The van der Waals surface area contributed by atoms with Crippen molar-refractivity contribution in [1.29, 1.82) is 0 Å².